The van der Waals surface area contributed by atoms with Gasteiger partial charge in [-0.2, -0.15) is 0 Å². The maximum absolute atomic E-state index is 13.9. The van der Waals surface area contributed by atoms with E-state index in [1.165, 1.54) is 0 Å². The van der Waals surface area contributed by atoms with E-state index in [1.54, 1.807) is 66.6 Å². The van der Waals surface area contributed by atoms with Gasteiger partial charge in [-0.1, -0.05) is 48.0 Å². The van der Waals surface area contributed by atoms with E-state index in [2.05, 4.69) is 15.5 Å². The third-order valence-electron chi connectivity index (χ3n) is 7.49. The summed E-state index contributed by atoms with van der Waals surface area (Å²) < 4.78 is 10.7. The molecule has 1 saturated heterocycles. The summed E-state index contributed by atoms with van der Waals surface area (Å²) in [7, 11) is 1.58. The van der Waals surface area contributed by atoms with E-state index in [4.69, 9.17) is 20.8 Å². The molecule has 0 bridgehead atoms. The van der Waals surface area contributed by atoms with Gasteiger partial charge in [-0.3, -0.25) is 19.2 Å². The molecule has 1 fully saturated rings. The number of hydrogen-bond donors (Lipinski definition) is 2. The summed E-state index contributed by atoms with van der Waals surface area (Å²) in [5.74, 6) is -1.29. The van der Waals surface area contributed by atoms with Crippen molar-refractivity contribution >= 4 is 46.0 Å². The van der Waals surface area contributed by atoms with Crippen molar-refractivity contribution in [3.8, 4) is 0 Å². The number of carbonyl (C=O) groups is 3. The van der Waals surface area contributed by atoms with E-state index in [1.807, 2.05) is 18.2 Å². The predicted octanol–water partition coefficient (Wildman–Crippen LogP) is 3.51. The fraction of sp³-hybridized carbons (Fsp3) is 0.273. The number of anilines is 1. The average molecular weight is 617 g/mol. The first-order chi connectivity index (χ1) is 21.3. The van der Waals surface area contributed by atoms with Crippen molar-refractivity contribution in [1.29, 1.82) is 0 Å². The van der Waals surface area contributed by atoms with Crippen LogP contribution >= 0.6 is 11.6 Å². The number of fused-ring (bicyclic) bond motifs is 1. The minimum Gasteiger partial charge on any atom is -0.451 e. The second kappa shape index (κ2) is 14.2. The number of ether oxygens (including phenoxy) is 1. The number of halogens is 1. The molecule has 3 amide bonds. The fourth-order valence-electron chi connectivity index (χ4n) is 5.19. The lowest BCUT2D eigenvalue weighted by Crippen LogP contribution is -2.55. The van der Waals surface area contributed by atoms with Gasteiger partial charge in [0.1, 0.15) is 11.6 Å². The van der Waals surface area contributed by atoms with E-state index in [0.717, 1.165) is 17.3 Å². The Morgan fingerprint density at radius 3 is 2.39 bits per heavy atom. The van der Waals surface area contributed by atoms with Gasteiger partial charge in [0.05, 0.1) is 17.6 Å². The summed E-state index contributed by atoms with van der Waals surface area (Å²) >= 11 is 6.06. The number of nitrogens with zero attached hydrogens (tertiary/aromatic N) is 2. The number of nitrogens with one attached hydrogen (secondary N) is 2. The van der Waals surface area contributed by atoms with Gasteiger partial charge in [0.2, 0.25) is 5.91 Å². The molecule has 0 radical (unpaired) electrons. The van der Waals surface area contributed by atoms with Gasteiger partial charge in [-0.05, 0) is 42.0 Å². The van der Waals surface area contributed by atoms with E-state index in [-0.39, 0.29) is 35.0 Å². The third-order valence-corrected chi connectivity index (χ3v) is 7.74. The topological polar surface area (TPSA) is 121 Å². The molecule has 1 aliphatic heterocycles. The molecule has 0 aliphatic carbocycles. The zero-order chi connectivity index (χ0) is 31.1. The third kappa shape index (κ3) is 7.27. The minimum atomic E-state index is -0.925. The Bertz CT molecular complexity index is 1700. The van der Waals surface area contributed by atoms with Crippen molar-refractivity contribution in [1.82, 2.24) is 15.5 Å². The number of rotatable bonds is 10. The largest absolute Gasteiger partial charge is 0.451 e. The molecule has 1 aromatic heterocycles. The second-order valence-corrected chi connectivity index (χ2v) is 10.8. The molecule has 2 heterocycles. The SMILES string of the molecule is COCCNC(=O)c1ccccc1N1CCN(C(=O)[C@@H](Cc2ccc(Cl)cc2)NC(=O)c2cc(=O)c3ccccc3o2)CC1. The van der Waals surface area contributed by atoms with Gasteiger partial charge in [-0.25, -0.2) is 0 Å². The summed E-state index contributed by atoms with van der Waals surface area (Å²) in [4.78, 5) is 56.4. The van der Waals surface area contributed by atoms with Crippen LogP contribution in [0.3, 0.4) is 0 Å². The highest BCUT2D eigenvalue weighted by atomic mass is 35.5. The van der Waals surface area contributed by atoms with Crippen LogP contribution in [0.15, 0.2) is 88.1 Å². The van der Waals surface area contributed by atoms with Crippen LogP contribution in [0.25, 0.3) is 11.0 Å². The molecule has 0 unspecified atom stereocenters. The van der Waals surface area contributed by atoms with Gasteiger partial charge in [0, 0.05) is 63.0 Å². The molecule has 4 aromatic rings. The number of piperazine rings is 1. The lowest BCUT2D eigenvalue weighted by Gasteiger charge is -2.38. The van der Waals surface area contributed by atoms with Crippen LogP contribution in [0, 0.1) is 0 Å². The van der Waals surface area contributed by atoms with Crippen molar-refractivity contribution in [2.24, 2.45) is 0 Å². The first kappa shape index (κ1) is 30.8. The van der Waals surface area contributed by atoms with Crippen LogP contribution in [0.5, 0.6) is 0 Å². The van der Waals surface area contributed by atoms with E-state index < -0.39 is 11.9 Å². The Hall–Kier alpha value is -4.67. The number of hydrogen-bond acceptors (Lipinski definition) is 7. The van der Waals surface area contributed by atoms with Gasteiger partial charge in [0.25, 0.3) is 11.8 Å². The van der Waals surface area contributed by atoms with Gasteiger partial charge in [-0.15, -0.1) is 0 Å². The van der Waals surface area contributed by atoms with Crippen molar-refractivity contribution in [3.63, 3.8) is 0 Å². The summed E-state index contributed by atoms with van der Waals surface area (Å²) in [6, 6.07) is 21.3. The Morgan fingerprint density at radius 1 is 0.932 bits per heavy atom. The second-order valence-electron chi connectivity index (χ2n) is 10.4. The highest BCUT2D eigenvalue weighted by Crippen LogP contribution is 2.23. The van der Waals surface area contributed by atoms with Crippen LogP contribution < -0.4 is 21.0 Å². The lowest BCUT2D eigenvalue weighted by atomic mass is 10.0. The number of amides is 3. The number of carbonyl (C=O) groups excluding carboxylic acids is 3. The van der Waals surface area contributed by atoms with Crippen LogP contribution in [0.2, 0.25) is 5.02 Å². The van der Waals surface area contributed by atoms with Crippen LogP contribution in [0.1, 0.15) is 26.5 Å². The number of benzene rings is 3. The molecule has 1 aliphatic rings. The zero-order valence-electron chi connectivity index (χ0n) is 24.3. The normalized spacial score (nSPS) is 13.9. The highest BCUT2D eigenvalue weighted by molar-refractivity contribution is 6.30. The van der Waals surface area contributed by atoms with E-state index in [9.17, 15) is 19.2 Å². The Balaban J connectivity index is 1.31. The average Bonchev–Trinajstić information content (AvgIpc) is 3.05. The van der Waals surface area contributed by atoms with Crippen molar-refractivity contribution in [2.75, 3.05) is 51.3 Å². The first-order valence-electron chi connectivity index (χ1n) is 14.3. The summed E-state index contributed by atoms with van der Waals surface area (Å²) in [6.45, 7) is 2.57. The Kier molecular flexibility index (Phi) is 9.93. The molecule has 5 rings (SSSR count). The molecule has 1 atom stereocenters. The number of para-hydroxylation sites is 2. The van der Waals surface area contributed by atoms with E-state index in [0.29, 0.717) is 55.3 Å². The van der Waals surface area contributed by atoms with Gasteiger partial charge in [0.15, 0.2) is 11.2 Å². The van der Waals surface area contributed by atoms with Crippen LogP contribution in [0.4, 0.5) is 5.69 Å². The molecule has 10 nitrogen and oxygen atoms in total. The molecule has 228 valence electrons. The van der Waals surface area contributed by atoms with Crippen molar-refractivity contribution in [3.05, 3.63) is 111 Å². The summed E-state index contributed by atoms with van der Waals surface area (Å²) in [6.07, 6.45) is 0.213. The Morgan fingerprint density at radius 2 is 1.64 bits per heavy atom. The Labute approximate surface area is 259 Å². The maximum Gasteiger partial charge on any atom is 0.287 e. The van der Waals surface area contributed by atoms with Crippen molar-refractivity contribution < 1.29 is 23.5 Å². The molecule has 11 heteroatoms. The minimum absolute atomic E-state index is 0.173. The van der Waals surface area contributed by atoms with Gasteiger partial charge >= 0.3 is 0 Å². The highest BCUT2D eigenvalue weighted by Gasteiger charge is 2.31. The molecule has 2 N–H and O–H groups in total. The summed E-state index contributed by atoms with van der Waals surface area (Å²) in [5, 5.41) is 6.59. The predicted molar refractivity (Wildman–Crippen MR) is 168 cm³/mol. The van der Waals surface area contributed by atoms with Crippen LogP contribution in [-0.4, -0.2) is 75.1 Å². The monoisotopic (exact) mass is 616 g/mol. The molecule has 3 aromatic carbocycles. The maximum atomic E-state index is 13.9. The first-order valence-corrected chi connectivity index (χ1v) is 14.7. The number of methoxy groups -OCH3 is 1. The molecule has 44 heavy (non-hydrogen) atoms. The molecular formula is C33H33ClN4O6. The lowest BCUT2D eigenvalue weighted by molar-refractivity contribution is -0.133. The molecule has 0 spiro atoms. The van der Waals surface area contributed by atoms with Gasteiger partial charge < -0.3 is 29.6 Å². The van der Waals surface area contributed by atoms with Crippen LogP contribution in [-0.2, 0) is 16.0 Å². The standard InChI is InChI=1S/C33H33ClN4O6/c1-43-19-14-35-31(40)24-6-2-4-8-27(24)37-15-17-38(18-16-37)33(42)26(20-22-10-12-23(34)13-11-22)36-32(41)30-21-28(39)25-7-3-5-9-29(25)44-30/h2-13,21,26H,14-20H2,1H3,(H,35,40)(H,36,41)/t26-/m1/s1. The molecular weight excluding hydrogens is 584 g/mol. The smallest absolute Gasteiger partial charge is 0.287 e. The van der Waals surface area contributed by atoms with E-state index >= 15 is 0 Å². The quantitative estimate of drug-likeness (QED) is 0.262. The zero-order valence-corrected chi connectivity index (χ0v) is 25.0. The van der Waals surface area contributed by atoms with Crippen molar-refractivity contribution in [2.45, 2.75) is 12.5 Å². The fourth-order valence-corrected chi connectivity index (χ4v) is 5.32. The molecule has 0 saturated carbocycles. The summed E-state index contributed by atoms with van der Waals surface area (Å²) in [5.41, 5.74) is 2.08.